The maximum atomic E-state index is 12.3. The number of amides is 1. The molecule has 1 saturated heterocycles. The van der Waals surface area contributed by atoms with E-state index in [0.717, 1.165) is 23.1 Å². The Morgan fingerprint density at radius 2 is 1.67 bits per heavy atom. The van der Waals surface area contributed by atoms with Gasteiger partial charge in [-0.15, -0.1) is 0 Å². The zero-order valence-electron chi connectivity index (χ0n) is 16.2. The first-order valence-electron chi connectivity index (χ1n) is 8.67. The number of benzene rings is 1. The van der Waals surface area contributed by atoms with Gasteiger partial charge < -0.3 is 14.6 Å². The van der Waals surface area contributed by atoms with E-state index in [2.05, 4.69) is 18.3 Å². The van der Waals surface area contributed by atoms with Crippen molar-refractivity contribution < 1.29 is 14.1 Å². The molecular weight excluding hydrogens is 301 g/mol. The molecule has 1 amide bonds. The van der Waals surface area contributed by atoms with Crippen molar-refractivity contribution in [1.82, 2.24) is 0 Å². The lowest BCUT2D eigenvalue weighted by molar-refractivity contribution is -0.123. The first kappa shape index (κ1) is 19.0. The van der Waals surface area contributed by atoms with Gasteiger partial charge in [0.25, 0.3) is 0 Å². The molecule has 0 saturated carbocycles. The van der Waals surface area contributed by atoms with Gasteiger partial charge in [0.15, 0.2) is 0 Å². The van der Waals surface area contributed by atoms with E-state index < -0.39 is 5.41 Å². The molecule has 24 heavy (non-hydrogen) atoms. The molecule has 5 heteroatoms. The van der Waals surface area contributed by atoms with E-state index in [1.54, 1.807) is 0 Å². The fourth-order valence-corrected chi connectivity index (χ4v) is 2.46. The third kappa shape index (κ3) is 3.67. The van der Waals surface area contributed by atoms with E-state index in [4.69, 9.17) is 9.31 Å². The molecule has 0 bridgehead atoms. The largest absolute Gasteiger partial charge is 0.494 e. The summed E-state index contributed by atoms with van der Waals surface area (Å²) in [6, 6.07) is 5.99. The van der Waals surface area contributed by atoms with Gasteiger partial charge >= 0.3 is 7.12 Å². The fraction of sp³-hybridized carbons (Fsp3) is 0.632. The van der Waals surface area contributed by atoms with E-state index in [-0.39, 0.29) is 24.2 Å². The zero-order valence-corrected chi connectivity index (χ0v) is 16.2. The lowest BCUT2D eigenvalue weighted by atomic mass is 9.78. The van der Waals surface area contributed by atoms with E-state index in [0.29, 0.717) is 0 Å². The SMILES string of the molecule is CCc1cc(B2OC(C)(C)C(C)(C)O2)ccc1NC(=O)C(C)(C)C. The molecular formula is C19H30BNO3. The minimum Gasteiger partial charge on any atom is -0.399 e. The molecule has 0 unspecified atom stereocenters. The molecule has 1 aliphatic rings. The van der Waals surface area contributed by atoms with E-state index in [1.807, 2.05) is 60.6 Å². The van der Waals surface area contributed by atoms with Crippen LogP contribution >= 0.6 is 0 Å². The lowest BCUT2D eigenvalue weighted by Gasteiger charge is -2.32. The molecule has 1 aromatic rings. The lowest BCUT2D eigenvalue weighted by Crippen LogP contribution is -2.41. The van der Waals surface area contributed by atoms with Crippen molar-refractivity contribution in [3.05, 3.63) is 23.8 Å². The minimum absolute atomic E-state index is 0.0144. The number of rotatable bonds is 3. The molecule has 0 radical (unpaired) electrons. The van der Waals surface area contributed by atoms with Crippen molar-refractivity contribution in [3.63, 3.8) is 0 Å². The molecule has 1 fully saturated rings. The van der Waals surface area contributed by atoms with Gasteiger partial charge in [-0.3, -0.25) is 4.79 Å². The Morgan fingerprint density at radius 3 is 2.12 bits per heavy atom. The Bertz CT molecular complexity index is 616. The Balaban J connectivity index is 2.26. The molecule has 2 rings (SSSR count). The van der Waals surface area contributed by atoms with Gasteiger partial charge in [-0.2, -0.15) is 0 Å². The molecule has 1 aromatic carbocycles. The molecule has 1 N–H and O–H groups in total. The standard InChI is InChI=1S/C19H30BNO3/c1-9-13-12-14(20-23-18(5,6)19(7,8)24-20)10-11-15(13)21-16(22)17(2,3)4/h10-12H,9H2,1-8H3,(H,21,22). The van der Waals surface area contributed by atoms with Crippen molar-refractivity contribution in [2.75, 3.05) is 5.32 Å². The normalized spacial score (nSPS) is 19.4. The van der Waals surface area contributed by atoms with Crippen molar-refractivity contribution >= 4 is 24.2 Å². The van der Waals surface area contributed by atoms with Gasteiger partial charge in [0, 0.05) is 11.1 Å². The maximum Gasteiger partial charge on any atom is 0.494 e. The smallest absolute Gasteiger partial charge is 0.399 e. The summed E-state index contributed by atoms with van der Waals surface area (Å²) in [5, 5.41) is 3.03. The number of anilines is 1. The molecule has 4 nitrogen and oxygen atoms in total. The van der Waals surface area contributed by atoms with Crippen molar-refractivity contribution in [3.8, 4) is 0 Å². The highest BCUT2D eigenvalue weighted by atomic mass is 16.7. The van der Waals surface area contributed by atoms with Crippen molar-refractivity contribution in [2.45, 2.75) is 73.0 Å². The topological polar surface area (TPSA) is 47.6 Å². The molecule has 0 aromatic heterocycles. The molecule has 1 heterocycles. The second-order valence-electron chi connectivity index (χ2n) is 8.56. The van der Waals surface area contributed by atoms with E-state index in [9.17, 15) is 4.79 Å². The van der Waals surface area contributed by atoms with Crippen LogP contribution in [0, 0.1) is 5.41 Å². The summed E-state index contributed by atoms with van der Waals surface area (Å²) in [7, 11) is -0.382. The van der Waals surface area contributed by atoms with Crippen LogP contribution in [0.5, 0.6) is 0 Å². The molecule has 0 spiro atoms. The van der Waals surface area contributed by atoms with E-state index >= 15 is 0 Å². The number of hydrogen-bond donors (Lipinski definition) is 1. The van der Waals surface area contributed by atoms with Crippen molar-refractivity contribution in [2.24, 2.45) is 5.41 Å². The van der Waals surface area contributed by atoms with Gasteiger partial charge in [0.1, 0.15) is 0 Å². The fourth-order valence-electron chi connectivity index (χ4n) is 2.46. The summed E-state index contributed by atoms with van der Waals surface area (Å²) < 4.78 is 12.2. The number of carbonyl (C=O) groups excluding carboxylic acids is 1. The van der Waals surface area contributed by atoms with Crippen LogP contribution in [0.25, 0.3) is 0 Å². The first-order chi connectivity index (χ1) is 10.9. The second-order valence-corrected chi connectivity index (χ2v) is 8.56. The number of hydrogen-bond acceptors (Lipinski definition) is 3. The number of nitrogens with one attached hydrogen (secondary N) is 1. The Hall–Kier alpha value is -1.33. The van der Waals surface area contributed by atoms with Gasteiger partial charge in [0.2, 0.25) is 5.91 Å². The minimum atomic E-state index is -0.421. The van der Waals surface area contributed by atoms with E-state index in [1.165, 1.54) is 0 Å². The van der Waals surface area contributed by atoms with Crippen molar-refractivity contribution in [1.29, 1.82) is 0 Å². The molecule has 132 valence electrons. The third-order valence-electron chi connectivity index (χ3n) is 4.96. The highest BCUT2D eigenvalue weighted by molar-refractivity contribution is 6.62. The first-order valence-corrected chi connectivity index (χ1v) is 8.67. The Morgan fingerprint density at radius 1 is 1.12 bits per heavy atom. The predicted octanol–water partition coefficient (Wildman–Crippen LogP) is 3.53. The highest BCUT2D eigenvalue weighted by Crippen LogP contribution is 2.36. The summed E-state index contributed by atoms with van der Waals surface area (Å²) in [4.78, 5) is 12.3. The average molecular weight is 331 g/mol. The highest BCUT2D eigenvalue weighted by Gasteiger charge is 2.51. The van der Waals surface area contributed by atoms with Crippen LogP contribution in [0.15, 0.2) is 18.2 Å². The molecule has 1 aliphatic heterocycles. The van der Waals surface area contributed by atoms with Gasteiger partial charge in [-0.25, -0.2) is 0 Å². The summed E-state index contributed by atoms with van der Waals surface area (Å²) >= 11 is 0. The molecule has 0 atom stereocenters. The average Bonchev–Trinajstić information content (AvgIpc) is 2.66. The predicted molar refractivity (Wildman–Crippen MR) is 99.6 cm³/mol. The van der Waals surface area contributed by atoms with Crippen LogP contribution in [0.1, 0.15) is 61.0 Å². The summed E-state index contributed by atoms with van der Waals surface area (Å²) in [5.74, 6) is 0.0144. The molecule has 0 aliphatic carbocycles. The summed E-state index contributed by atoms with van der Waals surface area (Å²) in [6.07, 6.45) is 0.826. The maximum absolute atomic E-state index is 12.3. The quantitative estimate of drug-likeness (QED) is 0.862. The van der Waals surface area contributed by atoms with Crippen LogP contribution in [-0.2, 0) is 20.5 Å². The monoisotopic (exact) mass is 331 g/mol. The second kappa shape index (κ2) is 6.19. The summed E-state index contributed by atoms with van der Waals surface area (Å²) in [5.41, 5.74) is 1.79. The van der Waals surface area contributed by atoms with Gasteiger partial charge in [-0.05, 0) is 51.2 Å². The Labute approximate surface area is 146 Å². The Kier molecular flexibility index (Phi) is 4.91. The summed E-state index contributed by atoms with van der Waals surface area (Å²) in [6.45, 7) is 16.0. The number of aryl methyl sites for hydroxylation is 1. The van der Waals surface area contributed by atoms with Crippen LogP contribution in [-0.4, -0.2) is 24.2 Å². The van der Waals surface area contributed by atoms with Gasteiger partial charge in [-0.1, -0.05) is 39.8 Å². The van der Waals surface area contributed by atoms with Crippen LogP contribution in [0.2, 0.25) is 0 Å². The van der Waals surface area contributed by atoms with Gasteiger partial charge in [0.05, 0.1) is 11.2 Å². The third-order valence-corrected chi connectivity index (χ3v) is 4.96. The van der Waals surface area contributed by atoms with Crippen LogP contribution in [0.4, 0.5) is 5.69 Å². The van der Waals surface area contributed by atoms with Crippen LogP contribution in [0.3, 0.4) is 0 Å². The number of carbonyl (C=O) groups is 1. The van der Waals surface area contributed by atoms with Crippen LogP contribution < -0.4 is 10.8 Å². The zero-order chi connectivity index (χ0) is 18.3.